The molecular weight excluding hydrogens is 250 g/mol. The summed E-state index contributed by atoms with van der Waals surface area (Å²) in [6.07, 6.45) is 5.52. The quantitative estimate of drug-likeness (QED) is 0.779. The summed E-state index contributed by atoms with van der Waals surface area (Å²) in [5.41, 5.74) is 5.99. The molecule has 0 aromatic rings. The summed E-state index contributed by atoms with van der Waals surface area (Å²) in [5, 5.41) is 0. The molecule has 0 bridgehead atoms. The van der Waals surface area contributed by atoms with Gasteiger partial charge in [-0.25, -0.2) is 8.42 Å². The van der Waals surface area contributed by atoms with Gasteiger partial charge in [-0.15, -0.1) is 0 Å². The molecule has 1 saturated carbocycles. The number of nitrogens with two attached hydrogens (primary N) is 1. The van der Waals surface area contributed by atoms with Crippen molar-refractivity contribution in [1.29, 1.82) is 0 Å². The molecule has 0 atom stereocenters. The molecule has 5 heteroatoms. The van der Waals surface area contributed by atoms with Crippen molar-refractivity contribution in [3.05, 3.63) is 0 Å². The molecule has 0 amide bonds. The largest absolute Gasteiger partial charge is 0.378 e. The Morgan fingerprint density at radius 2 is 1.72 bits per heavy atom. The minimum atomic E-state index is -3.09. The minimum Gasteiger partial charge on any atom is -0.378 e. The maximum Gasteiger partial charge on any atom is 0.157 e. The van der Waals surface area contributed by atoms with Crippen LogP contribution in [-0.2, 0) is 14.6 Å². The predicted molar refractivity (Wildman–Crippen MR) is 74.4 cm³/mol. The van der Waals surface area contributed by atoms with Crippen LogP contribution < -0.4 is 5.73 Å². The van der Waals surface area contributed by atoms with Crippen LogP contribution in [0, 0.1) is 0 Å². The van der Waals surface area contributed by atoms with Crippen LogP contribution >= 0.6 is 0 Å². The topological polar surface area (TPSA) is 69.4 Å². The van der Waals surface area contributed by atoms with Gasteiger partial charge < -0.3 is 10.5 Å². The Bertz CT molecular complexity index is 351. The third-order valence-corrected chi connectivity index (χ3v) is 6.24. The van der Waals surface area contributed by atoms with Crippen LogP contribution in [0.4, 0.5) is 0 Å². The van der Waals surface area contributed by atoms with Gasteiger partial charge in [-0.05, 0) is 33.6 Å². The highest BCUT2D eigenvalue weighted by Gasteiger charge is 2.30. The lowest BCUT2D eigenvalue weighted by Crippen LogP contribution is -2.46. The summed E-state index contributed by atoms with van der Waals surface area (Å²) in [7, 11) is -3.09. The summed E-state index contributed by atoms with van der Waals surface area (Å²) in [4.78, 5) is 0. The molecule has 0 aromatic heterocycles. The molecule has 0 spiro atoms. The van der Waals surface area contributed by atoms with E-state index in [1.54, 1.807) is 20.8 Å². The van der Waals surface area contributed by atoms with Gasteiger partial charge in [-0.2, -0.15) is 0 Å². The van der Waals surface area contributed by atoms with Crippen LogP contribution in [-0.4, -0.2) is 37.7 Å². The van der Waals surface area contributed by atoms with Crippen LogP contribution in [0.2, 0.25) is 0 Å². The van der Waals surface area contributed by atoms with Gasteiger partial charge in [0.15, 0.2) is 9.84 Å². The third-order valence-electron chi connectivity index (χ3n) is 3.67. The zero-order valence-corrected chi connectivity index (χ0v) is 12.7. The van der Waals surface area contributed by atoms with Crippen molar-refractivity contribution in [1.82, 2.24) is 0 Å². The summed E-state index contributed by atoms with van der Waals surface area (Å²) in [6, 6.07) is 0. The standard InChI is InChI=1S/C13H27NO3S/c1-12(2,3)18(15,16)10-9-17-11-13(14)7-5-4-6-8-13/h4-11,14H2,1-3H3. The second-order valence-corrected chi connectivity index (χ2v) is 9.27. The fraction of sp³-hybridized carbons (Fsp3) is 1.00. The highest BCUT2D eigenvalue weighted by atomic mass is 32.2. The number of sulfone groups is 1. The molecule has 4 nitrogen and oxygen atoms in total. The molecule has 0 unspecified atom stereocenters. The van der Waals surface area contributed by atoms with Crippen molar-refractivity contribution in [3.63, 3.8) is 0 Å². The first-order valence-corrected chi connectivity index (χ1v) is 8.41. The molecule has 18 heavy (non-hydrogen) atoms. The molecule has 0 saturated heterocycles. The summed E-state index contributed by atoms with van der Waals surface area (Å²) >= 11 is 0. The number of ether oxygens (including phenoxy) is 1. The van der Waals surface area contributed by atoms with Gasteiger partial charge in [0, 0.05) is 5.54 Å². The van der Waals surface area contributed by atoms with Crippen LogP contribution in [0.1, 0.15) is 52.9 Å². The number of rotatable bonds is 5. The van der Waals surface area contributed by atoms with Crippen molar-refractivity contribution >= 4 is 9.84 Å². The summed E-state index contributed by atoms with van der Waals surface area (Å²) in [6.45, 7) is 5.88. The van der Waals surface area contributed by atoms with Gasteiger partial charge >= 0.3 is 0 Å². The van der Waals surface area contributed by atoms with E-state index in [0.29, 0.717) is 6.61 Å². The van der Waals surface area contributed by atoms with Crippen LogP contribution in [0.15, 0.2) is 0 Å². The lowest BCUT2D eigenvalue weighted by Gasteiger charge is -2.33. The van der Waals surface area contributed by atoms with Crippen LogP contribution in [0.5, 0.6) is 0 Å². The first-order valence-electron chi connectivity index (χ1n) is 6.75. The van der Waals surface area contributed by atoms with Crippen molar-refractivity contribution in [2.24, 2.45) is 5.73 Å². The zero-order chi connectivity index (χ0) is 13.9. The Kier molecular flexibility index (Phi) is 5.21. The monoisotopic (exact) mass is 277 g/mol. The van der Waals surface area contributed by atoms with E-state index in [1.165, 1.54) is 6.42 Å². The normalized spacial score (nSPS) is 20.9. The van der Waals surface area contributed by atoms with Gasteiger partial charge in [-0.3, -0.25) is 0 Å². The molecule has 108 valence electrons. The van der Waals surface area contributed by atoms with E-state index in [0.717, 1.165) is 25.7 Å². The smallest absolute Gasteiger partial charge is 0.157 e. The van der Waals surface area contributed by atoms with E-state index in [2.05, 4.69) is 0 Å². The molecule has 1 fully saturated rings. The highest BCUT2D eigenvalue weighted by Crippen LogP contribution is 2.26. The molecular formula is C13H27NO3S. The zero-order valence-electron chi connectivity index (χ0n) is 11.9. The molecule has 1 aliphatic rings. The van der Waals surface area contributed by atoms with Gasteiger partial charge in [0.1, 0.15) is 0 Å². The van der Waals surface area contributed by atoms with E-state index >= 15 is 0 Å². The first-order chi connectivity index (χ1) is 8.16. The molecule has 0 radical (unpaired) electrons. The Balaban J connectivity index is 2.31. The van der Waals surface area contributed by atoms with E-state index in [4.69, 9.17) is 10.5 Å². The van der Waals surface area contributed by atoms with Gasteiger partial charge in [0.25, 0.3) is 0 Å². The molecule has 0 aromatic carbocycles. The fourth-order valence-electron chi connectivity index (χ4n) is 2.15. The Morgan fingerprint density at radius 1 is 1.17 bits per heavy atom. The van der Waals surface area contributed by atoms with Crippen LogP contribution in [0.3, 0.4) is 0 Å². The maximum absolute atomic E-state index is 11.9. The highest BCUT2D eigenvalue weighted by molar-refractivity contribution is 7.92. The number of hydrogen-bond acceptors (Lipinski definition) is 4. The third kappa shape index (κ3) is 4.52. The molecule has 0 heterocycles. The van der Waals surface area contributed by atoms with E-state index < -0.39 is 14.6 Å². The Hall–Kier alpha value is -0.130. The van der Waals surface area contributed by atoms with Crippen molar-refractivity contribution < 1.29 is 13.2 Å². The SMILES string of the molecule is CC(C)(C)S(=O)(=O)CCOCC1(N)CCCCC1. The van der Waals surface area contributed by atoms with Crippen molar-refractivity contribution in [2.45, 2.75) is 63.2 Å². The summed E-state index contributed by atoms with van der Waals surface area (Å²) < 4.78 is 28.5. The second-order valence-electron chi connectivity index (χ2n) is 6.41. The minimum absolute atomic E-state index is 0.0760. The first kappa shape index (κ1) is 15.9. The number of hydrogen-bond donors (Lipinski definition) is 1. The Morgan fingerprint density at radius 3 is 2.22 bits per heavy atom. The molecule has 2 N–H and O–H groups in total. The van der Waals surface area contributed by atoms with E-state index in [-0.39, 0.29) is 17.9 Å². The molecule has 1 rings (SSSR count). The van der Waals surface area contributed by atoms with Crippen molar-refractivity contribution in [3.8, 4) is 0 Å². The average Bonchev–Trinajstić information content (AvgIpc) is 2.24. The average molecular weight is 277 g/mol. The predicted octanol–water partition coefficient (Wildman–Crippen LogP) is 1.88. The van der Waals surface area contributed by atoms with E-state index in [1.807, 2.05) is 0 Å². The molecule has 0 aliphatic heterocycles. The Labute approximate surface area is 111 Å². The van der Waals surface area contributed by atoms with Crippen LogP contribution in [0.25, 0.3) is 0 Å². The van der Waals surface area contributed by atoms with Crippen molar-refractivity contribution in [2.75, 3.05) is 19.0 Å². The lowest BCUT2D eigenvalue weighted by molar-refractivity contribution is 0.0771. The van der Waals surface area contributed by atoms with E-state index in [9.17, 15) is 8.42 Å². The molecule has 1 aliphatic carbocycles. The summed E-state index contributed by atoms with van der Waals surface area (Å²) in [5.74, 6) is 0.0760. The lowest BCUT2D eigenvalue weighted by atomic mass is 9.83. The fourth-order valence-corrected chi connectivity index (χ4v) is 3.10. The van der Waals surface area contributed by atoms with Gasteiger partial charge in [0.05, 0.1) is 23.7 Å². The maximum atomic E-state index is 11.9. The van der Waals surface area contributed by atoms with Gasteiger partial charge in [0.2, 0.25) is 0 Å². The second kappa shape index (κ2) is 5.88. The van der Waals surface area contributed by atoms with Gasteiger partial charge in [-0.1, -0.05) is 19.3 Å².